The Kier molecular flexibility index (Phi) is 2.26. The molecule has 0 saturated heterocycles. The number of rotatable bonds is 0. The molecule has 0 spiro atoms. The number of pyridine rings is 1. The molecular weight excluding hydrogens is 249 g/mol. The van der Waals surface area contributed by atoms with Crippen LogP contribution in [0.3, 0.4) is 0 Å². The molecule has 0 bridgehead atoms. The minimum absolute atomic E-state index is 0.733. The number of fused-ring (bicyclic) bond motifs is 1. The zero-order chi connectivity index (χ0) is 9.42. The van der Waals surface area contributed by atoms with Crippen LogP contribution in [-0.4, -0.2) is 4.98 Å². The lowest BCUT2D eigenvalue weighted by molar-refractivity contribution is 1.19. The maximum atomic E-state index is 6.04. The molecular formula is C10H7BrClN. The summed E-state index contributed by atoms with van der Waals surface area (Å²) in [4.78, 5) is 4.29. The van der Waals surface area contributed by atoms with Crippen molar-refractivity contribution in [1.29, 1.82) is 0 Å². The van der Waals surface area contributed by atoms with Crippen molar-refractivity contribution in [3.63, 3.8) is 0 Å². The Morgan fingerprint density at radius 3 is 2.92 bits per heavy atom. The first-order valence-electron chi connectivity index (χ1n) is 3.90. The van der Waals surface area contributed by atoms with Gasteiger partial charge in [0, 0.05) is 11.1 Å². The number of hydrogen-bond acceptors (Lipinski definition) is 1. The zero-order valence-electron chi connectivity index (χ0n) is 7.01. The molecule has 1 aromatic heterocycles. The smallest absolute Gasteiger partial charge is 0.115 e. The molecule has 0 saturated carbocycles. The first-order chi connectivity index (χ1) is 6.18. The second kappa shape index (κ2) is 3.28. The molecule has 0 fully saturated rings. The molecule has 13 heavy (non-hydrogen) atoms. The van der Waals surface area contributed by atoms with E-state index >= 15 is 0 Å². The highest BCUT2D eigenvalue weighted by atomic mass is 79.9. The molecule has 0 N–H and O–H groups in total. The van der Waals surface area contributed by atoms with Crippen LogP contribution in [0.1, 0.15) is 5.69 Å². The fourth-order valence-electron chi connectivity index (χ4n) is 1.35. The molecule has 1 nitrogen and oxygen atoms in total. The van der Waals surface area contributed by atoms with Crippen molar-refractivity contribution >= 4 is 38.3 Å². The second-order valence-corrected chi connectivity index (χ2v) is 4.05. The Hall–Kier alpha value is -0.600. The van der Waals surface area contributed by atoms with E-state index in [-0.39, 0.29) is 0 Å². The summed E-state index contributed by atoms with van der Waals surface area (Å²) in [5.74, 6) is 0. The van der Waals surface area contributed by atoms with Crippen molar-refractivity contribution in [2.45, 2.75) is 6.92 Å². The summed E-state index contributed by atoms with van der Waals surface area (Å²) in [5.41, 5.74) is 0.988. The SMILES string of the molecule is Cc1cc2cccc(Cl)c2c(Br)n1. The van der Waals surface area contributed by atoms with Gasteiger partial charge in [0.05, 0.1) is 5.02 Å². The Bertz CT molecular complexity index is 468. The van der Waals surface area contributed by atoms with Crippen LogP contribution in [0, 0.1) is 6.92 Å². The van der Waals surface area contributed by atoms with Crippen LogP contribution in [0.25, 0.3) is 10.8 Å². The number of halogens is 2. The number of hydrogen-bond donors (Lipinski definition) is 0. The monoisotopic (exact) mass is 255 g/mol. The maximum Gasteiger partial charge on any atom is 0.115 e. The van der Waals surface area contributed by atoms with E-state index in [4.69, 9.17) is 11.6 Å². The van der Waals surface area contributed by atoms with Gasteiger partial charge in [-0.25, -0.2) is 4.98 Å². The van der Waals surface area contributed by atoms with Crippen molar-refractivity contribution in [2.24, 2.45) is 0 Å². The zero-order valence-corrected chi connectivity index (χ0v) is 9.35. The van der Waals surface area contributed by atoms with Crippen molar-refractivity contribution in [3.8, 4) is 0 Å². The molecule has 0 aliphatic rings. The van der Waals surface area contributed by atoms with E-state index in [0.29, 0.717) is 0 Å². The number of aryl methyl sites for hydroxylation is 1. The van der Waals surface area contributed by atoms with Gasteiger partial charge in [-0.3, -0.25) is 0 Å². The minimum Gasteiger partial charge on any atom is -0.246 e. The van der Waals surface area contributed by atoms with E-state index in [0.717, 1.165) is 26.1 Å². The van der Waals surface area contributed by atoms with Gasteiger partial charge in [0.25, 0.3) is 0 Å². The summed E-state index contributed by atoms with van der Waals surface area (Å²) < 4.78 is 0.813. The van der Waals surface area contributed by atoms with Gasteiger partial charge in [-0.05, 0) is 40.4 Å². The quantitative estimate of drug-likeness (QED) is 0.650. The molecule has 2 aromatic rings. The summed E-state index contributed by atoms with van der Waals surface area (Å²) in [6.07, 6.45) is 0. The molecule has 1 heterocycles. The first kappa shape index (κ1) is 8.97. The fourth-order valence-corrected chi connectivity index (χ4v) is 2.45. The van der Waals surface area contributed by atoms with Crippen molar-refractivity contribution in [3.05, 3.63) is 39.6 Å². The lowest BCUT2D eigenvalue weighted by atomic mass is 10.1. The third-order valence-electron chi connectivity index (χ3n) is 1.89. The van der Waals surface area contributed by atoms with Crippen LogP contribution in [0.15, 0.2) is 28.9 Å². The summed E-state index contributed by atoms with van der Waals surface area (Å²) in [6.45, 7) is 1.96. The van der Waals surface area contributed by atoms with E-state index in [1.165, 1.54) is 0 Å². The Morgan fingerprint density at radius 2 is 2.15 bits per heavy atom. The number of aromatic nitrogens is 1. The van der Waals surface area contributed by atoms with E-state index in [2.05, 4.69) is 20.9 Å². The van der Waals surface area contributed by atoms with Crippen LogP contribution in [0.4, 0.5) is 0 Å². The third-order valence-corrected chi connectivity index (χ3v) is 2.78. The molecule has 1 aromatic carbocycles. The van der Waals surface area contributed by atoms with Crippen molar-refractivity contribution < 1.29 is 0 Å². The van der Waals surface area contributed by atoms with Crippen LogP contribution < -0.4 is 0 Å². The number of benzene rings is 1. The molecule has 0 unspecified atom stereocenters. The van der Waals surface area contributed by atoms with Crippen LogP contribution in [0.2, 0.25) is 5.02 Å². The normalized spacial score (nSPS) is 10.7. The Labute approximate surface area is 89.9 Å². The van der Waals surface area contributed by atoms with Crippen LogP contribution in [0.5, 0.6) is 0 Å². The molecule has 0 aliphatic carbocycles. The number of nitrogens with zero attached hydrogens (tertiary/aromatic N) is 1. The van der Waals surface area contributed by atoms with Crippen LogP contribution in [-0.2, 0) is 0 Å². The van der Waals surface area contributed by atoms with Crippen molar-refractivity contribution in [2.75, 3.05) is 0 Å². The molecule has 3 heteroatoms. The maximum absolute atomic E-state index is 6.04. The average molecular weight is 257 g/mol. The van der Waals surface area contributed by atoms with Crippen LogP contribution >= 0.6 is 27.5 Å². The first-order valence-corrected chi connectivity index (χ1v) is 5.07. The summed E-state index contributed by atoms with van der Waals surface area (Å²) in [5, 5.41) is 2.83. The molecule has 0 amide bonds. The minimum atomic E-state index is 0.733. The standard InChI is InChI=1S/C10H7BrClN/c1-6-5-7-3-2-4-8(12)9(7)10(11)13-6/h2-5H,1H3. The summed E-state index contributed by atoms with van der Waals surface area (Å²) >= 11 is 9.45. The van der Waals surface area contributed by atoms with Crippen molar-refractivity contribution in [1.82, 2.24) is 4.98 Å². The predicted molar refractivity (Wildman–Crippen MR) is 59.2 cm³/mol. The molecule has 66 valence electrons. The van der Waals surface area contributed by atoms with Gasteiger partial charge in [0.1, 0.15) is 4.60 Å². The topological polar surface area (TPSA) is 12.9 Å². The second-order valence-electron chi connectivity index (χ2n) is 2.89. The summed E-state index contributed by atoms with van der Waals surface area (Å²) in [7, 11) is 0. The van der Waals surface area contributed by atoms with Gasteiger partial charge in [-0.15, -0.1) is 0 Å². The van der Waals surface area contributed by atoms with Gasteiger partial charge in [-0.2, -0.15) is 0 Å². The van der Waals surface area contributed by atoms with Gasteiger partial charge >= 0.3 is 0 Å². The summed E-state index contributed by atoms with van der Waals surface area (Å²) in [6, 6.07) is 7.86. The van der Waals surface area contributed by atoms with Gasteiger partial charge in [-0.1, -0.05) is 23.7 Å². The highest BCUT2D eigenvalue weighted by molar-refractivity contribution is 9.10. The predicted octanol–water partition coefficient (Wildman–Crippen LogP) is 3.96. The average Bonchev–Trinajstić information content (AvgIpc) is 2.02. The molecule has 2 rings (SSSR count). The van der Waals surface area contributed by atoms with Gasteiger partial charge in [0.2, 0.25) is 0 Å². The largest absolute Gasteiger partial charge is 0.246 e. The van der Waals surface area contributed by atoms with Gasteiger partial charge < -0.3 is 0 Å². The molecule has 0 radical (unpaired) electrons. The van der Waals surface area contributed by atoms with Gasteiger partial charge in [0.15, 0.2) is 0 Å². The Morgan fingerprint density at radius 1 is 1.38 bits per heavy atom. The Balaban J connectivity index is 2.94. The van der Waals surface area contributed by atoms with E-state index in [1.54, 1.807) is 0 Å². The highest BCUT2D eigenvalue weighted by Gasteiger charge is 2.04. The lowest BCUT2D eigenvalue weighted by Gasteiger charge is -2.03. The van der Waals surface area contributed by atoms with E-state index in [9.17, 15) is 0 Å². The third kappa shape index (κ3) is 1.56. The fraction of sp³-hybridized carbons (Fsp3) is 0.100. The molecule has 0 aliphatic heterocycles. The van der Waals surface area contributed by atoms with E-state index in [1.807, 2.05) is 31.2 Å². The lowest BCUT2D eigenvalue weighted by Crippen LogP contribution is -1.85. The highest BCUT2D eigenvalue weighted by Crippen LogP contribution is 2.29. The van der Waals surface area contributed by atoms with E-state index < -0.39 is 0 Å². The molecule has 0 atom stereocenters.